The van der Waals surface area contributed by atoms with Gasteiger partial charge in [0.05, 0.1) is 18.8 Å². The van der Waals surface area contributed by atoms with Crippen molar-refractivity contribution in [1.82, 2.24) is 4.98 Å². The van der Waals surface area contributed by atoms with E-state index in [2.05, 4.69) is 21.3 Å². The molecule has 2 aromatic rings. The number of benzene rings is 1. The molecule has 30 heavy (non-hydrogen) atoms. The zero-order valence-electron chi connectivity index (χ0n) is 17.1. The predicted octanol–water partition coefficient (Wildman–Crippen LogP) is 3.42. The average molecular weight is 425 g/mol. The molecule has 0 unspecified atom stereocenters. The highest BCUT2D eigenvalue weighted by Gasteiger charge is 2.14. The molecule has 1 amide bonds. The number of rotatable bonds is 7. The Bertz CT molecular complexity index is 964. The number of morpholine rings is 1. The molecule has 0 spiro atoms. The molecule has 156 valence electrons. The van der Waals surface area contributed by atoms with Crippen LogP contribution in [0.3, 0.4) is 0 Å². The number of carbonyl (C=O) groups excluding carboxylic acids is 2. The van der Waals surface area contributed by atoms with Crippen LogP contribution >= 0.6 is 11.8 Å². The monoisotopic (exact) mass is 424 g/mol. The van der Waals surface area contributed by atoms with Gasteiger partial charge in [0, 0.05) is 47.9 Å². The Morgan fingerprint density at radius 1 is 1.27 bits per heavy atom. The summed E-state index contributed by atoms with van der Waals surface area (Å²) in [5.74, 6) is 0.266. The van der Waals surface area contributed by atoms with Crippen LogP contribution in [0.4, 0.5) is 11.4 Å². The van der Waals surface area contributed by atoms with Crippen LogP contribution in [0.2, 0.25) is 0 Å². The van der Waals surface area contributed by atoms with Crippen molar-refractivity contribution in [1.29, 1.82) is 5.26 Å². The lowest BCUT2D eigenvalue weighted by molar-refractivity contribution is -0.115. The molecule has 1 aromatic heterocycles. The number of anilines is 2. The molecule has 8 heteroatoms. The van der Waals surface area contributed by atoms with Gasteiger partial charge in [0.15, 0.2) is 5.78 Å². The number of amides is 1. The normalized spacial score (nSPS) is 13.6. The molecular weight excluding hydrogens is 400 g/mol. The van der Waals surface area contributed by atoms with Crippen LogP contribution in [0.25, 0.3) is 0 Å². The number of carbonyl (C=O) groups is 2. The standard InChI is InChI=1S/C22H24N4O3S/c1-15-20(16(2)27)13-17(14-23)22(24-15)30-12-7-21(28)25-18-3-5-19(6-4-18)26-8-10-29-11-9-26/h3-6,13H,7-12H2,1-2H3,(H,25,28). The first-order valence-corrected chi connectivity index (χ1v) is 10.7. The Kier molecular flexibility index (Phi) is 7.44. The summed E-state index contributed by atoms with van der Waals surface area (Å²) in [6.07, 6.45) is 0.288. The molecule has 0 atom stereocenters. The quantitative estimate of drug-likeness (QED) is 0.537. The van der Waals surface area contributed by atoms with E-state index in [1.165, 1.54) is 18.7 Å². The minimum absolute atomic E-state index is 0.0998. The molecule has 1 saturated heterocycles. The number of pyridine rings is 1. The lowest BCUT2D eigenvalue weighted by Crippen LogP contribution is -2.36. The summed E-state index contributed by atoms with van der Waals surface area (Å²) in [5.41, 5.74) is 3.27. The van der Waals surface area contributed by atoms with Crippen molar-refractivity contribution in [3.8, 4) is 6.07 Å². The van der Waals surface area contributed by atoms with Crippen LogP contribution in [-0.2, 0) is 9.53 Å². The molecule has 1 aliphatic rings. The van der Waals surface area contributed by atoms with Crippen LogP contribution < -0.4 is 10.2 Å². The zero-order valence-corrected chi connectivity index (χ0v) is 17.9. The molecule has 1 aliphatic heterocycles. The highest BCUT2D eigenvalue weighted by atomic mass is 32.2. The van der Waals surface area contributed by atoms with Crippen LogP contribution in [-0.4, -0.2) is 48.7 Å². The van der Waals surface area contributed by atoms with Gasteiger partial charge in [-0.2, -0.15) is 5.26 Å². The maximum atomic E-state index is 12.3. The number of thioether (sulfide) groups is 1. The largest absolute Gasteiger partial charge is 0.378 e. The van der Waals surface area contributed by atoms with Gasteiger partial charge in [-0.3, -0.25) is 9.59 Å². The number of ether oxygens (including phenoxy) is 1. The second-order valence-electron chi connectivity index (χ2n) is 6.93. The van der Waals surface area contributed by atoms with Gasteiger partial charge < -0.3 is 15.0 Å². The van der Waals surface area contributed by atoms with Gasteiger partial charge in [0.1, 0.15) is 11.1 Å². The fourth-order valence-electron chi connectivity index (χ4n) is 3.17. The molecule has 0 aliphatic carbocycles. The Labute approximate surface area is 180 Å². The Morgan fingerprint density at radius 2 is 1.97 bits per heavy atom. The topological polar surface area (TPSA) is 95.3 Å². The molecule has 2 heterocycles. The number of nitriles is 1. The predicted molar refractivity (Wildman–Crippen MR) is 117 cm³/mol. The fourth-order valence-corrected chi connectivity index (χ4v) is 4.11. The Balaban J connectivity index is 1.52. The smallest absolute Gasteiger partial charge is 0.225 e. The lowest BCUT2D eigenvalue weighted by Gasteiger charge is -2.28. The van der Waals surface area contributed by atoms with E-state index >= 15 is 0 Å². The van der Waals surface area contributed by atoms with Crippen molar-refractivity contribution in [3.05, 3.63) is 47.2 Å². The van der Waals surface area contributed by atoms with E-state index in [0.29, 0.717) is 27.6 Å². The highest BCUT2D eigenvalue weighted by Crippen LogP contribution is 2.24. The van der Waals surface area contributed by atoms with Gasteiger partial charge in [0.2, 0.25) is 5.91 Å². The van der Waals surface area contributed by atoms with Crippen molar-refractivity contribution >= 4 is 34.8 Å². The number of nitrogens with one attached hydrogen (secondary N) is 1. The molecular formula is C22H24N4O3S. The first-order valence-electron chi connectivity index (χ1n) is 9.76. The van der Waals surface area contributed by atoms with Crippen molar-refractivity contribution in [2.45, 2.75) is 25.3 Å². The molecule has 0 saturated carbocycles. The number of nitrogens with zero attached hydrogens (tertiary/aromatic N) is 3. The van der Waals surface area contributed by atoms with E-state index < -0.39 is 0 Å². The second-order valence-corrected chi connectivity index (χ2v) is 8.02. The summed E-state index contributed by atoms with van der Waals surface area (Å²) in [4.78, 5) is 30.5. The third-order valence-corrected chi connectivity index (χ3v) is 5.77. The summed E-state index contributed by atoms with van der Waals surface area (Å²) in [6, 6.07) is 11.4. The van der Waals surface area contributed by atoms with Crippen molar-refractivity contribution in [3.63, 3.8) is 0 Å². The Hall–Kier alpha value is -2.89. The minimum Gasteiger partial charge on any atom is -0.378 e. The fraction of sp³-hybridized carbons (Fsp3) is 0.364. The van der Waals surface area contributed by atoms with Gasteiger partial charge in [-0.05, 0) is 44.2 Å². The summed E-state index contributed by atoms with van der Waals surface area (Å²) in [7, 11) is 0. The second kappa shape index (κ2) is 10.2. The molecule has 1 fully saturated rings. The van der Waals surface area contributed by atoms with Gasteiger partial charge in [-0.1, -0.05) is 0 Å². The van der Waals surface area contributed by atoms with Gasteiger partial charge in [-0.15, -0.1) is 11.8 Å². The number of ketones is 1. The number of aromatic nitrogens is 1. The highest BCUT2D eigenvalue weighted by molar-refractivity contribution is 7.99. The number of aryl methyl sites for hydroxylation is 1. The van der Waals surface area contributed by atoms with Gasteiger partial charge >= 0.3 is 0 Å². The number of hydrogen-bond acceptors (Lipinski definition) is 7. The molecule has 1 N–H and O–H groups in total. The molecule has 0 radical (unpaired) electrons. The maximum absolute atomic E-state index is 12.3. The third-order valence-electron chi connectivity index (χ3n) is 4.77. The van der Waals surface area contributed by atoms with E-state index in [1.54, 1.807) is 13.0 Å². The zero-order chi connectivity index (χ0) is 21.5. The molecule has 7 nitrogen and oxygen atoms in total. The van der Waals surface area contributed by atoms with E-state index in [1.807, 2.05) is 24.3 Å². The summed E-state index contributed by atoms with van der Waals surface area (Å²) in [6.45, 7) is 6.40. The average Bonchev–Trinajstić information content (AvgIpc) is 2.75. The molecule has 0 bridgehead atoms. The SMILES string of the molecule is CC(=O)c1cc(C#N)c(SCCC(=O)Nc2ccc(N3CCOCC3)cc2)nc1C. The van der Waals surface area contributed by atoms with Crippen molar-refractivity contribution in [2.24, 2.45) is 0 Å². The van der Waals surface area contributed by atoms with Gasteiger partial charge in [0.25, 0.3) is 0 Å². The van der Waals surface area contributed by atoms with E-state index in [4.69, 9.17) is 4.74 Å². The van der Waals surface area contributed by atoms with Gasteiger partial charge in [-0.25, -0.2) is 4.98 Å². The maximum Gasteiger partial charge on any atom is 0.225 e. The first kappa shape index (κ1) is 21.8. The number of hydrogen-bond donors (Lipinski definition) is 1. The first-order chi connectivity index (χ1) is 14.5. The Morgan fingerprint density at radius 3 is 2.60 bits per heavy atom. The van der Waals surface area contributed by atoms with Crippen LogP contribution in [0.1, 0.15) is 35.0 Å². The van der Waals surface area contributed by atoms with E-state index in [9.17, 15) is 14.9 Å². The molecule has 3 rings (SSSR count). The third kappa shape index (κ3) is 5.59. The minimum atomic E-state index is -0.118. The summed E-state index contributed by atoms with van der Waals surface area (Å²) >= 11 is 1.34. The molecule has 1 aromatic carbocycles. The van der Waals surface area contributed by atoms with E-state index in [-0.39, 0.29) is 18.1 Å². The summed E-state index contributed by atoms with van der Waals surface area (Å²) in [5, 5.41) is 12.8. The van der Waals surface area contributed by atoms with Crippen molar-refractivity contribution in [2.75, 3.05) is 42.3 Å². The van der Waals surface area contributed by atoms with Crippen LogP contribution in [0, 0.1) is 18.3 Å². The van der Waals surface area contributed by atoms with Crippen molar-refractivity contribution < 1.29 is 14.3 Å². The lowest BCUT2D eigenvalue weighted by atomic mass is 10.1. The summed E-state index contributed by atoms with van der Waals surface area (Å²) < 4.78 is 5.37. The van der Waals surface area contributed by atoms with E-state index in [0.717, 1.165) is 37.7 Å². The number of Topliss-reactive ketones (excluding diaryl/α,β-unsaturated/α-hetero) is 1. The van der Waals surface area contributed by atoms with Crippen LogP contribution in [0.5, 0.6) is 0 Å². The van der Waals surface area contributed by atoms with Crippen LogP contribution in [0.15, 0.2) is 35.4 Å².